The van der Waals surface area contributed by atoms with Crippen molar-refractivity contribution >= 4 is 0 Å². The summed E-state index contributed by atoms with van der Waals surface area (Å²) in [6.45, 7) is 10.9. The van der Waals surface area contributed by atoms with Crippen molar-refractivity contribution in [2.45, 2.75) is 84.7 Å². The summed E-state index contributed by atoms with van der Waals surface area (Å²) in [6.07, 6.45) is 10.3. The van der Waals surface area contributed by atoms with Crippen molar-refractivity contribution in [2.75, 3.05) is 6.54 Å². The molecule has 1 heterocycles. The lowest BCUT2D eigenvalue weighted by molar-refractivity contribution is 0.0776. The molecular formula is C16H31N. The van der Waals surface area contributed by atoms with Gasteiger partial charge in [-0.2, -0.15) is 0 Å². The molecular weight excluding hydrogens is 206 g/mol. The molecule has 1 nitrogen and oxygen atoms in total. The van der Waals surface area contributed by atoms with Gasteiger partial charge in [-0.15, -0.1) is 0 Å². The van der Waals surface area contributed by atoms with E-state index in [4.69, 9.17) is 0 Å². The lowest BCUT2D eigenvalue weighted by atomic mass is 9.83. The highest BCUT2D eigenvalue weighted by atomic mass is 15.2. The van der Waals surface area contributed by atoms with Crippen molar-refractivity contribution in [2.24, 2.45) is 11.3 Å². The number of rotatable bonds is 2. The van der Waals surface area contributed by atoms with Gasteiger partial charge in [0.2, 0.25) is 0 Å². The van der Waals surface area contributed by atoms with Crippen LogP contribution in [0.1, 0.15) is 72.6 Å². The molecule has 1 heteroatoms. The summed E-state index contributed by atoms with van der Waals surface area (Å²) in [5.41, 5.74) is 0.458. The van der Waals surface area contributed by atoms with Crippen LogP contribution in [-0.4, -0.2) is 23.5 Å². The van der Waals surface area contributed by atoms with E-state index in [0.29, 0.717) is 5.41 Å². The lowest BCUT2D eigenvalue weighted by Crippen LogP contribution is -2.45. The van der Waals surface area contributed by atoms with Crippen LogP contribution in [-0.2, 0) is 0 Å². The van der Waals surface area contributed by atoms with Crippen molar-refractivity contribution in [3.8, 4) is 0 Å². The largest absolute Gasteiger partial charge is 0.297 e. The second-order valence-electron chi connectivity index (χ2n) is 7.26. The van der Waals surface area contributed by atoms with Gasteiger partial charge in [0.1, 0.15) is 0 Å². The first-order valence-corrected chi connectivity index (χ1v) is 7.79. The smallest absolute Gasteiger partial charge is 0.0147 e. The molecule has 0 radical (unpaired) electrons. The fraction of sp³-hybridized carbons (Fsp3) is 1.00. The average Bonchev–Trinajstić information content (AvgIpc) is 2.73. The van der Waals surface area contributed by atoms with E-state index >= 15 is 0 Å². The van der Waals surface area contributed by atoms with E-state index in [2.05, 4.69) is 32.6 Å². The number of hydrogen-bond donors (Lipinski definition) is 0. The minimum absolute atomic E-state index is 0.458. The van der Waals surface area contributed by atoms with Crippen molar-refractivity contribution in [1.82, 2.24) is 4.90 Å². The Morgan fingerprint density at radius 1 is 0.941 bits per heavy atom. The van der Waals surface area contributed by atoms with Gasteiger partial charge < -0.3 is 0 Å². The molecule has 0 N–H and O–H groups in total. The third-order valence-corrected chi connectivity index (χ3v) is 5.12. The third kappa shape index (κ3) is 2.86. The molecule has 1 aliphatic carbocycles. The Morgan fingerprint density at radius 3 is 2.12 bits per heavy atom. The van der Waals surface area contributed by atoms with Gasteiger partial charge in [0.15, 0.2) is 0 Å². The van der Waals surface area contributed by atoms with Crippen LogP contribution in [0.25, 0.3) is 0 Å². The maximum Gasteiger partial charge on any atom is 0.0147 e. The molecule has 2 atom stereocenters. The fourth-order valence-electron chi connectivity index (χ4n) is 4.30. The monoisotopic (exact) mass is 237 g/mol. The molecule has 2 fully saturated rings. The Hall–Kier alpha value is -0.0400. The highest BCUT2D eigenvalue weighted by Gasteiger charge is 2.41. The van der Waals surface area contributed by atoms with Crippen LogP contribution in [0.5, 0.6) is 0 Å². The standard InChI is InChI=1S/C16H31N/c1-5-17-14(13-9-7-6-8-10-13)11-12-15(17)16(2,3)4/h13-15H,5-12H2,1-4H3. The summed E-state index contributed by atoms with van der Waals surface area (Å²) >= 11 is 0. The topological polar surface area (TPSA) is 3.24 Å². The van der Waals surface area contributed by atoms with E-state index in [0.717, 1.165) is 18.0 Å². The van der Waals surface area contributed by atoms with Gasteiger partial charge in [-0.05, 0) is 43.6 Å². The average molecular weight is 237 g/mol. The maximum atomic E-state index is 2.84. The molecule has 0 bridgehead atoms. The molecule has 2 aliphatic rings. The second kappa shape index (κ2) is 5.30. The second-order valence-corrected chi connectivity index (χ2v) is 7.26. The first kappa shape index (κ1) is 13.4. The summed E-state index contributed by atoms with van der Waals surface area (Å²) in [5.74, 6) is 1.01. The zero-order chi connectivity index (χ0) is 12.5. The van der Waals surface area contributed by atoms with Crippen LogP contribution in [0.4, 0.5) is 0 Å². The Labute approximate surface area is 108 Å². The van der Waals surface area contributed by atoms with Gasteiger partial charge in [-0.3, -0.25) is 4.90 Å². The fourth-order valence-corrected chi connectivity index (χ4v) is 4.30. The van der Waals surface area contributed by atoms with Crippen LogP contribution >= 0.6 is 0 Å². The summed E-state index contributed by atoms with van der Waals surface area (Å²) < 4.78 is 0. The van der Waals surface area contributed by atoms with Crippen molar-refractivity contribution in [3.63, 3.8) is 0 Å². The molecule has 0 aromatic carbocycles. The molecule has 17 heavy (non-hydrogen) atoms. The number of nitrogens with zero attached hydrogens (tertiary/aromatic N) is 1. The Bertz CT molecular complexity index is 234. The zero-order valence-corrected chi connectivity index (χ0v) is 12.3. The molecule has 0 spiro atoms. The molecule has 1 saturated carbocycles. The number of hydrogen-bond acceptors (Lipinski definition) is 1. The van der Waals surface area contributed by atoms with Crippen LogP contribution in [0, 0.1) is 11.3 Å². The zero-order valence-electron chi connectivity index (χ0n) is 12.3. The van der Waals surface area contributed by atoms with Crippen molar-refractivity contribution < 1.29 is 0 Å². The van der Waals surface area contributed by atoms with E-state index in [9.17, 15) is 0 Å². The predicted molar refractivity (Wildman–Crippen MR) is 75.2 cm³/mol. The van der Waals surface area contributed by atoms with Gasteiger partial charge in [0.05, 0.1) is 0 Å². The van der Waals surface area contributed by atoms with Gasteiger partial charge in [-0.1, -0.05) is 47.0 Å². The van der Waals surface area contributed by atoms with Crippen LogP contribution < -0.4 is 0 Å². The molecule has 0 aromatic rings. The predicted octanol–water partition coefficient (Wildman–Crippen LogP) is 4.47. The van der Waals surface area contributed by atoms with Gasteiger partial charge in [0, 0.05) is 12.1 Å². The van der Waals surface area contributed by atoms with E-state index < -0.39 is 0 Å². The Kier molecular flexibility index (Phi) is 4.18. The summed E-state index contributed by atoms with van der Waals surface area (Å²) in [7, 11) is 0. The maximum absolute atomic E-state index is 2.84. The molecule has 2 rings (SSSR count). The van der Waals surface area contributed by atoms with E-state index in [1.54, 1.807) is 0 Å². The summed E-state index contributed by atoms with van der Waals surface area (Å²) in [4.78, 5) is 2.84. The molecule has 1 aliphatic heterocycles. The van der Waals surface area contributed by atoms with Crippen molar-refractivity contribution in [1.29, 1.82) is 0 Å². The normalized spacial score (nSPS) is 33.2. The minimum atomic E-state index is 0.458. The van der Waals surface area contributed by atoms with Crippen LogP contribution in [0.15, 0.2) is 0 Å². The van der Waals surface area contributed by atoms with E-state index in [1.165, 1.54) is 51.5 Å². The SMILES string of the molecule is CCN1C(C2CCCCC2)CCC1C(C)(C)C. The highest BCUT2D eigenvalue weighted by molar-refractivity contribution is 4.96. The first-order valence-electron chi connectivity index (χ1n) is 7.79. The van der Waals surface area contributed by atoms with E-state index in [1.807, 2.05) is 0 Å². The molecule has 2 unspecified atom stereocenters. The Balaban J connectivity index is 2.04. The Morgan fingerprint density at radius 2 is 1.59 bits per heavy atom. The van der Waals surface area contributed by atoms with E-state index in [-0.39, 0.29) is 0 Å². The van der Waals surface area contributed by atoms with Gasteiger partial charge in [-0.25, -0.2) is 0 Å². The third-order valence-electron chi connectivity index (χ3n) is 5.12. The first-order chi connectivity index (χ1) is 8.04. The summed E-state index contributed by atoms with van der Waals surface area (Å²) in [6, 6.07) is 1.73. The van der Waals surface area contributed by atoms with Crippen LogP contribution in [0.3, 0.4) is 0 Å². The quantitative estimate of drug-likeness (QED) is 0.685. The summed E-state index contributed by atoms with van der Waals surface area (Å²) in [5, 5.41) is 0. The molecule has 100 valence electrons. The highest BCUT2D eigenvalue weighted by Crippen LogP contribution is 2.41. The number of likely N-dealkylation sites (tertiary alicyclic amines) is 1. The van der Waals surface area contributed by atoms with Crippen molar-refractivity contribution in [3.05, 3.63) is 0 Å². The minimum Gasteiger partial charge on any atom is -0.297 e. The molecule has 1 saturated heterocycles. The molecule has 0 amide bonds. The lowest BCUT2D eigenvalue weighted by Gasteiger charge is -2.40. The van der Waals surface area contributed by atoms with Gasteiger partial charge in [0.25, 0.3) is 0 Å². The molecule has 0 aromatic heterocycles. The van der Waals surface area contributed by atoms with Crippen LogP contribution in [0.2, 0.25) is 0 Å². The van der Waals surface area contributed by atoms with Gasteiger partial charge >= 0.3 is 0 Å².